The summed E-state index contributed by atoms with van der Waals surface area (Å²) in [4.78, 5) is 14.3. The number of piperidine rings is 1. The molecule has 110 valence electrons. The first kappa shape index (κ1) is 14.7. The van der Waals surface area contributed by atoms with Crippen LogP contribution in [0.2, 0.25) is 0 Å². The van der Waals surface area contributed by atoms with Crippen molar-refractivity contribution in [1.29, 1.82) is 0 Å². The molecule has 0 aromatic heterocycles. The molecule has 0 N–H and O–H groups in total. The van der Waals surface area contributed by atoms with Gasteiger partial charge in [0.15, 0.2) is 0 Å². The number of nitrogens with zero attached hydrogens (tertiary/aromatic N) is 2. The van der Waals surface area contributed by atoms with E-state index in [4.69, 9.17) is 4.74 Å². The number of carbonyl (C=O) groups is 1. The van der Waals surface area contributed by atoms with Crippen LogP contribution < -0.4 is 0 Å². The Morgan fingerprint density at radius 1 is 1.26 bits per heavy atom. The fourth-order valence-corrected chi connectivity index (χ4v) is 3.90. The Morgan fingerprint density at radius 2 is 2.00 bits per heavy atom. The summed E-state index contributed by atoms with van der Waals surface area (Å²) in [6, 6.07) is -0.519. The summed E-state index contributed by atoms with van der Waals surface area (Å²) in [5, 5.41) is 0. The second kappa shape index (κ2) is 5.76. The number of morpholine rings is 1. The van der Waals surface area contributed by atoms with Crippen molar-refractivity contribution in [2.75, 3.05) is 32.5 Å². The molecule has 2 atom stereocenters. The Hall–Kier alpha value is -0.660. The zero-order valence-corrected chi connectivity index (χ0v) is 12.4. The number of ether oxygens (including phenoxy) is 1. The maximum absolute atomic E-state index is 12.5. The molecule has 0 aliphatic carbocycles. The molecule has 0 unspecified atom stereocenters. The summed E-state index contributed by atoms with van der Waals surface area (Å²) >= 11 is 0. The van der Waals surface area contributed by atoms with E-state index in [1.807, 2.05) is 6.92 Å². The van der Waals surface area contributed by atoms with Gasteiger partial charge < -0.3 is 9.64 Å². The first-order valence-electron chi connectivity index (χ1n) is 6.77. The van der Waals surface area contributed by atoms with Crippen molar-refractivity contribution >= 4 is 15.9 Å². The van der Waals surface area contributed by atoms with Crippen molar-refractivity contribution in [3.63, 3.8) is 0 Å². The van der Waals surface area contributed by atoms with Gasteiger partial charge in [-0.15, -0.1) is 0 Å². The van der Waals surface area contributed by atoms with Crippen LogP contribution in [0.1, 0.15) is 26.2 Å². The Kier molecular flexibility index (Phi) is 4.47. The van der Waals surface area contributed by atoms with E-state index in [9.17, 15) is 13.2 Å². The Labute approximate surface area is 114 Å². The molecule has 0 radical (unpaired) electrons. The van der Waals surface area contributed by atoms with Crippen molar-refractivity contribution in [1.82, 2.24) is 9.21 Å². The van der Waals surface area contributed by atoms with Crippen LogP contribution in [0, 0.1) is 0 Å². The number of hydrogen-bond donors (Lipinski definition) is 0. The highest BCUT2D eigenvalue weighted by molar-refractivity contribution is 7.88. The first-order valence-corrected chi connectivity index (χ1v) is 8.61. The van der Waals surface area contributed by atoms with E-state index in [-0.39, 0.29) is 12.0 Å². The molecule has 2 aliphatic rings. The van der Waals surface area contributed by atoms with Gasteiger partial charge in [0.05, 0.1) is 19.0 Å². The van der Waals surface area contributed by atoms with E-state index < -0.39 is 16.1 Å². The third-order valence-electron chi connectivity index (χ3n) is 3.72. The third-order valence-corrected chi connectivity index (χ3v) is 5.01. The molecular formula is C12H22N2O4S. The number of sulfonamides is 1. The molecule has 6 nitrogen and oxygen atoms in total. The van der Waals surface area contributed by atoms with Crippen LogP contribution in [0.15, 0.2) is 0 Å². The standard InChI is InChI=1S/C12H22N2O4S/c1-10-9-13(7-8-18-10)12(15)11-5-3-4-6-14(11)19(2,16)17/h10-11H,3-9H2,1-2H3/t10-,11-/m1/s1. The highest BCUT2D eigenvalue weighted by atomic mass is 32.2. The normalized spacial score (nSPS) is 30.3. The Balaban J connectivity index is 2.11. The second-order valence-electron chi connectivity index (χ2n) is 5.35. The van der Waals surface area contributed by atoms with Crippen LogP contribution in [0.4, 0.5) is 0 Å². The topological polar surface area (TPSA) is 66.9 Å². The molecule has 0 spiro atoms. The largest absolute Gasteiger partial charge is 0.375 e. The zero-order valence-electron chi connectivity index (χ0n) is 11.5. The van der Waals surface area contributed by atoms with E-state index in [0.717, 1.165) is 12.8 Å². The van der Waals surface area contributed by atoms with Crippen molar-refractivity contribution in [2.45, 2.75) is 38.3 Å². The smallest absolute Gasteiger partial charge is 0.241 e. The van der Waals surface area contributed by atoms with Gasteiger partial charge >= 0.3 is 0 Å². The Morgan fingerprint density at radius 3 is 2.63 bits per heavy atom. The lowest BCUT2D eigenvalue weighted by Crippen LogP contribution is -2.55. The molecule has 2 rings (SSSR count). The highest BCUT2D eigenvalue weighted by Crippen LogP contribution is 2.22. The van der Waals surface area contributed by atoms with Crippen LogP contribution in [-0.4, -0.2) is 68.2 Å². The highest BCUT2D eigenvalue weighted by Gasteiger charge is 2.37. The molecular weight excluding hydrogens is 268 g/mol. The van der Waals surface area contributed by atoms with Crippen molar-refractivity contribution in [3.8, 4) is 0 Å². The minimum atomic E-state index is -3.32. The fraction of sp³-hybridized carbons (Fsp3) is 0.917. The van der Waals surface area contributed by atoms with Crippen LogP contribution in [-0.2, 0) is 19.6 Å². The van der Waals surface area contributed by atoms with Crippen molar-refractivity contribution < 1.29 is 17.9 Å². The number of amides is 1. The quantitative estimate of drug-likeness (QED) is 0.720. The second-order valence-corrected chi connectivity index (χ2v) is 7.29. The van der Waals surface area contributed by atoms with Gasteiger partial charge in [-0.2, -0.15) is 4.31 Å². The Bertz CT molecular complexity index is 437. The van der Waals surface area contributed by atoms with Gasteiger partial charge in [-0.25, -0.2) is 8.42 Å². The van der Waals surface area contributed by atoms with E-state index in [1.54, 1.807) is 4.90 Å². The van der Waals surface area contributed by atoms with Crippen LogP contribution in [0.3, 0.4) is 0 Å². The molecule has 2 heterocycles. The van der Waals surface area contributed by atoms with Crippen molar-refractivity contribution in [2.24, 2.45) is 0 Å². The molecule has 0 aromatic rings. The van der Waals surface area contributed by atoms with Gasteiger partial charge in [0.1, 0.15) is 6.04 Å². The molecule has 0 bridgehead atoms. The maximum Gasteiger partial charge on any atom is 0.241 e. The predicted octanol–water partition coefficient (Wildman–Crippen LogP) is 0.0478. The average molecular weight is 290 g/mol. The van der Waals surface area contributed by atoms with Gasteiger partial charge in [-0.3, -0.25) is 4.79 Å². The summed E-state index contributed by atoms with van der Waals surface area (Å²) in [7, 11) is -3.32. The lowest BCUT2D eigenvalue weighted by Gasteiger charge is -2.38. The lowest BCUT2D eigenvalue weighted by atomic mass is 10.0. The predicted molar refractivity (Wildman–Crippen MR) is 71.2 cm³/mol. The lowest BCUT2D eigenvalue weighted by molar-refractivity contribution is -0.143. The molecule has 0 aromatic carbocycles. The molecule has 2 aliphatic heterocycles. The summed E-state index contributed by atoms with van der Waals surface area (Å²) in [6.45, 7) is 4.01. The SMILES string of the molecule is C[C@@H]1CN(C(=O)[C@H]2CCCCN2S(C)(=O)=O)CCO1. The summed E-state index contributed by atoms with van der Waals surface area (Å²) in [5.74, 6) is -0.0692. The number of hydrogen-bond acceptors (Lipinski definition) is 4. The minimum absolute atomic E-state index is 0.0213. The summed E-state index contributed by atoms with van der Waals surface area (Å²) in [5.41, 5.74) is 0. The van der Waals surface area contributed by atoms with E-state index >= 15 is 0 Å². The third kappa shape index (κ3) is 3.46. The maximum atomic E-state index is 12.5. The van der Waals surface area contributed by atoms with Crippen LogP contribution in [0.5, 0.6) is 0 Å². The van der Waals surface area contributed by atoms with Crippen molar-refractivity contribution in [3.05, 3.63) is 0 Å². The van der Waals surface area contributed by atoms with E-state index in [1.165, 1.54) is 10.6 Å². The first-order chi connectivity index (χ1) is 8.89. The molecule has 1 amide bonds. The molecule has 2 saturated heterocycles. The summed E-state index contributed by atoms with van der Waals surface area (Å²) < 4.78 is 30.3. The zero-order chi connectivity index (χ0) is 14.0. The molecule has 7 heteroatoms. The summed E-state index contributed by atoms with van der Waals surface area (Å²) in [6.07, 6.45) is 3.56. The van der Waals surface area contributed by atoms with Gasteiger partial charge in [0.2, 0.25) is 15.9 Å². The average Bonchev–Trinajstić information content (AvgIpc) is 2.37. The van der Waals surface area contributed by atoms with Gasteiger partial charge in [0.25, 0.3) is 0 Å². The number of carbonyl (C=O) groups excluding carboxylic acids is 1. The molecule has 19 heavy (non-hydrogen) atoms. The van der Waals surface area contributed by atoms with Crippen LogP contribution in [0.25, 0.3) is 0 Å². The van der Waals surface area contributed by atoms with Gasteiger partial charge in [-0.1, -0.05) is 6.42 Å². The molecule has 2 fully saturated rings. The number of rotatable bonds is 2. The fourth-order valence-electron chi connectivity index (χ4n) is 2.78. The van der Waals surface area contributed by atoms with Gasteiger partial charge in [0, 0.05) is 19.6 Å². The monoisotopic (exact) mass is 290 g/mol. The molecule has 0 saturated carbocycles. The van der Waals surface area contributed by atoms with E-state index in [2.05, 4.69) is 0 Å². The minimum Gasteiger partial charge on any atom is -0.375 e. The van der Waals surface area contributed by atoms with Gasteiger partial charge in [-0.05, 0) is 19.8 Å². The van der Waals surface area contributed by atoms with Crippen LogP contribution >= 0.6 is 0 Å². The van der Waals surface area contributed by atoms with E-state index in [0.29, 0.717) is 32.7 Å².